The van der Waals surface area contributed by atoms with Gasteiger partial charge in [-0.3, -0.25) is 9.63 Å². The Morgan fingerprint density at radius 2 is 2.12 bits per heavy atom. The van der Waals surface area contributed by atoms with Crippen molar-refractivity contribution in [2.75, 3.05) is 6.61 Å². The highest BCUT2D eigenvalue weighted by Crippen LogP contribution is 2.13. The first-order valence-electron chi connectivity index (χ1n) is 4.38. The zero-order valence-electron chi connectivity index (χ0n) is 8.58. The van der Waals surface area contributed by atoms with Crippen LogP contribution in [0.5, 0.6) is 0 Å². The number of hydrogen-bond donors (Lipinski definition) is 2. The summed E-state index contributed by atoms with van der Waals surface area (Å²) in [7, 11) is -4.00. The van der Waals surface area contributed by atoms with Crippen LogP contribution in [0.4, 0.5) is 0 Å². The third-order valence-corrected chi connectivity index (χ3v) is 2.95. The minimum Gasteiger partial charge on any atom is -0.368 e. The van der Waals surface area contributed by atoms with Crippen LogP contribution in [0.3, 0.4) is 0 Å². The summed E-state index contributed by atoms with van der Waals surface area (Å²) in [4.78, 5) is 16.2. The molecule has 0 fully saturated rings. The molecule has 1 aromatic carbocycles. The van der Waals surface area contributed by atoms with E-state index in [4.69, 9.17) is 11.0 Å². The number of nitriles is 1. The van der Waals surface area contributed by atoms with Crippen molar-refractivity contribution in [2.45, 2.75) is 4.90 Å². The van der Waals surface area contributed by atoms with Crippen molar-refractivity contribution in [1.29, 1.82) is 5.26 Å². The van der Waals surface area contributed by atoms with E-state index in [1.165, 1.54) is 24.3 Å². The zero-order chi connectivity index (χ0) is 12.9. The Kier molecular flexibility index (Phi) is 4.17. The molecule has 7 nitrogen and oxygen atoms in total. The Bertz CT molecular complexity index is 562. The molecule has 1 rings (SSSR count). The van der Waals surface area contributed by atoms with Gasteiger partial charge in [-0.05, 0) is 12.1 Å². The van der Waals surface area contributed by atoms with Crippen molar-refractivity contribution in [3.8, 4) is 6.07 Å². The number of carbonyl (C=O) groups excluding carboxylic acids is 1. The molecule has 90 valence electrons. The maximum atomic E-state index is 11.7. The van der Waals surface area contributed by atoms with E-state index in [2.05, 4.69) is 4.84 Å². The standard InChI is InChI=1S/C9H9N3O4S/c10-5-7-3-1-2-4-8(7)17(14,15)12-16-6-9(11)13/h1-4,12H,6H2,(H2,11,13). The number of nitrogens with zero attached hydrogens (tertiary/aromatic N) is 1. The van der Waals surface area contributed by atoms with Gasteiger partial charge in [-0.1, -0.05) is 17.0 Å². The Labute approximate surface area is 97.8 Å². The molecule has 0 saturated heterocycles. The molecule has 1 aromatic rings. The third kappa shape index (κ3) is 3.53. The van der Waals surface area contributed by atoms with Gasteiger partial charge in [0, 0.05) is 0 Å². The second-order valence-corrected chi connectivity index (χ2v) is 4.56. The van der Waals surface area contributed by atoms with Gasteiger partial charge in [0.25, 0.3) is 10.0 Å². The average Bonchev–Trinajstić information content (AvgIpc) is 2.28. The molecular weight excluding hydrogens is 246 g/mol. The quantitative estimate of drug-likeness (QED) is 0.670. The SMILES string of the molecule is N#Cc1ccccc1S(=O)(=O)NOCC(N)=O. The second-order valence-electron chi connectivity index (χ2n) is 2.95. The lowest BCUT2D eigenvalue weighted by Crippen LogP contribution is -2.29. The number of nitrogens with two attached hydrogens (primary N) is 1. The smallest absolute Gasteiger partial charge is 0.263 e. The number of rotatable bonds is 5. The molecule has 0 radical (unpaired) electrons. The molecule has 8 heteroatoms. The van der Waals surface area contributed by atoms with Gasteiger partial charge in [0.15, 0.2) is 0 Å². The van der Waals surface area contributed by atoms with Crippen LogP contribution in [0, 0.1) is 11.3 Å². The molecule has 3 N–H and O–H groups in total. The molecule has 0 aromatic heterocycles. The lowest BCUT2D eigenvalue weighted by Gasteiger charge is -2.06. The highest BCUT2D eigenvalue weighted by molar-refractivity contribution is 7.89. The van der Waals surface area contributed by atoms with Crippen molar-refractivity contribution >= 4 is 15.9 Å². The summed E-state index contributed by atoms with van der Waals surface area (Å²) in [5.41, 5.74) is 4.74. The Morgan fingerprint density at radius 1 is 1.47 bits per heavy atom. The highest BCUT2D eigenvalue weighted by atomic mass is 32.2. The summed E-state index contributed by atoms with van der Waals surface area (Å²) in [6.45, 7) is -0.589. The van der Waals surface area contributed by atoms with Crippen LogP contribution in [0.2, 0.25) is 0 Å². The first-order valence-corrected chi connectivity index (χ1v) is 5.86. The number of nitrogens with one attached hydrogen (secondary N) is 1. The molecule has 0 bridgehead atoms. The molecule has 1 amide bonds. The topological polar surface area (TPSA) is 122 Å². The van der Waals surface area contributed by atoms with Gasteiger partial charge in [-0.15, -0.1) is 0 Å². The summed E-state index contributed by atoms with van der Waals surface area (Å²) in [6.07, 6.45) is 0. The molecule has 0 unspecified atom stereocenters. The van der Waals surface area contributed by atoms with E-state index < -0.39 is 22.5 Å². The van der Waals surface area contributed by atoms with Crippen LogP contribution >= 0.6 is 0 Å². The van der Waals surface area contributed by atoms with Crippen molar-refractivity contribution in [3.63, 3.8) is 0 Å². The summed E-state index contributed by atoms with van der Waals surface area (Å²) in [5.74, 6) is -0.818. The number of benzene rings is 1. The predicted octanol–water partition coefficient (Wildman–Crippen LogP) is -0.747. The monoisotopic (exact) mass is 255 g/mol. The lowest BCUT2D eigenvalue weighted by molar-refractivity contribution is -0.123. The van der Waals surface area contributed by atoms with Crippen molar-refractivity contribution in [1.82, 2.24) is 4.89 Å². The van der Waals surface area contributed by atoms with Crippen LogP contribution in [0.15, 0.2) is 29.2 Å². The normalized spacial score (nSPS) is 10.8. The van der Waals surface area contributed by atoms with Crippen LogP contribution < -0.4 is 10.6 Å². The van der Waals surface area contributed by atoms with E-state index in [1.54, 1.807) is 11.0 Å². The molecule has 0 spiro atoms. The van der Waals surface area contributed by atoms with Crippen LogP contribution in [-0.2, 0) is 19.7 Å². The second kappa shape index (κ2) is 5.40. The Hall–Kier alpha value is -1.95. The van der Waals surface area contributed by atoms with E-state index in [1.807, 2.05) is 0 Å². The van der Waals surface area contributed by atoms with Crippen LogP contribution in [-0.4, -0.2) is 20.9 Å². The van der Waals surface area contributed by atoms with Crippen LogP contribution in [0.25, 0.3) is 0 Å². The first-order chi connectivity index (χ1) is 7.97. The minimum absolute atomic E-state index is 0.0253. The van der Waals surface area contributed by atoms with Crippen molar-refractivity contribution in [3.05, 3.63) is 29.8 Å². The Balaban J connectivity index is 2.91. The third-order valence-electron chi connectivity index (χ3n) is 1.68. The Morgan fingerprint density at radius 3 is 2.71 bits per heavy atom. The van der Waals surface area contributed by atoms with Crippen LogP contribution in [0.1, 0.15) is 5.56 Å². The number of amides is 1. The van der Waals surface area contributed by atoms with Gasteiger partial charge in [0.2, 0.25) is 5.91 Å². The van der Waals surface area contributed by atoms with E-state index in [-0.39, 0.29) is 10.5 Å². The molecule has 0 saturated carbocycles. The van der Waals surface area contributed by atoms with E-state index in [0.29, 0.717) is 0 Å². The molecular formula is C9H9N3O4S. The van der Waals surface area contributed by atoms with E-state index in [0.717, 1.165) is 0 Å². The summed E-state index contributed by atoms with van der Waals surface area (Å²) < 4.78 is 23.3. The minimum atomic E-state index is -4.00. The predicted molar refractivity (Wildman–Crippen MR) is 56.6 cm³/mol. The number of primary amides is 1. The van der Waals surface area contributed by atoms with Gasteiger partial charge in [-0.25, -0.2) is 8.42 Å². The van der Waals surface area contributed by atoms with Gasteiger partial charge in [0.05, 0.1) is 5.56 Å². The van der Waals surface area contributed by atoms with Gasteiger partial charge in [0.1, 0.15) is 17.6 Å². The maximum Gasteiger partial charge on any atom is 0.263 e. The summed E-state index contributed by atoms with van der Waals surface area (Å²) >= 11 is 0. The fourth-order valence-corrected chi connectivity index (χ4v) is 1.98. The zero-order valence-corrected chi connectivity index (χ0v) is 9.40. The largest absolute Gasteiger partial charge is 0.368 e. The number of carbonyl (C=O) groups is 1. The fourth-order valence-electron chi connectivity index (χ4n) is 1.02. The van der Waals surface area contributed by atoms with E-state index >= 15 is 0 Å². The fraction of sp³-hybridized carbons (Fsp3) is 0.111. The number of sulfonamides is 1. The van der Waals surface area contributed by atoms with Gasteiger partial charge >= 0.3 is 0 Å². The number of hydrogen-bond acceptors (Lipinski definition) is 5. The average molecular weight is 255 g/mol. The molecule has 17 heavy (non-hydrogen) atoms. The lowest BCUT2D eigenvalue weighted by atomic mass is 10.2. The van der Waals surface area contributed by atoms with Crippen molar-refractivity contribution < 1.29 is 18.0 Å². The molecule has 0 aliphatic rings. The van der Waals surface area contributed by atoms with E-state index in [9.17, 15) is 13.2 Å². The van der Waals surface area contributed by atoms with Crippen molar-refractivity contribution in [2.24, 2.45) is 5.73 Å². The highest BCUT2D eigenvalue weighted by Gasteiger charge is 2.18. The maximum absolute atomic E-state index is 11.7. The first kappa shape index (κ1) is 13.1. The molecule has 0 aliphatic carbocycles. The van der Waals surface area contributed by atoms with Gasteiger partial charge in [-0.2, -0.15) is 5.26 Å². The van der Waals surface area contributed by atoms with Gasteiger partial charge < -0.3 is 5.73 Å². The summed E-state index contributed by atoms with van der Waals surface area (Å²) in [6, 6.07) is 7.32. The molecule has 0 aliphatic heterocycles. The molecule has 0 atom stereocenters. The molecule has 0 heterocycles. The summed E-state index contributed by atoms with van der Waals surface area (Å²) in [5, 5.41) is 8.74.